The summed E-state index contributed by atoms with van der Waals surface area (Å²) in [4.78, 5) is 34.5. The quantitative estimate of drug-likeness (QED) is 0.0406. The van der Waals surface area contributed by atoms with Crippen molar-refractivity contribution in [3.8, 4) is 0 Å². The van der Waals surface area contributed by atoms with Crippen LogP contribution >= 0.6 is 12.6 Å². The molecule has 10 heteroatoms. The fourth-order valence-electron chi connectivity index (χ4n) is 8.08. The van der Waals surface area contributed by atoms with Gasteiger partial charge in [0.2, 0.25) is 11.8 Å². The number of aliphatic hydroxyl groups excluding tert-OH is 1. The molecule has 9 nitrogen and oxygen atoms in total. The Bertz CT molecular complexity index is 1380. The molecule has 1 fully saturated rings. The van der Waals surface area contributed by atoms with Crippen LogP contribution in [-0.2, 0) is 20.7 Å². The summed E-state index contributed by atoms with van der Waals surface area (Å²) in [7, 11) is 5.72. The molecule has 55 heavy (non-hydrogen) atoms. The van der Waals surface area contributed by atoms with Crippen molar-refractivity contribution >= 4 is 24.4 Å². The highest BCUT2D eigenvalue weighted by Crippen LogP contribution is 2.40. The van der Waals surface area contributed by atoms with Crippen LogP contribution in [0.2, 0.25) is 0 Å². The van der Waals surface area contributed by atoms with Crippen molar-refractivity contribution in [2.45, 2.75) is 131 Å². The van der Waals surface area contributed by atoms with Crippen molar-refractivity contribution in [1.29, 1.82) is 0 Å². The third-order valence-corrected chi connectivity index (χ3v) is 11.5. The number of aliphatic hydroxyl groups is 1. The van der Waals surface area contributed by atoms with E-state index in [9.17, 15) is 14.7 Å². The van der Waals surface area contributed by atoms with Gasteiger partial charge in [-0.1, -0.05) is 104 Å². The van der Waals surface area contributed by atoms with Crippen molar-refractivity contribution < 1.29 is 19.4 Å². The van der Waals surface area contributed by atoms with Crippen LogP contribution in [-0.4, -0.2) is 103 Å². The Morgan fingerprint density at radius 2 is 1.67 bits per heavy atom. The number of nitrogens with one attached hydrogen (secondary N) is 2. The Hall–Kier alpha value is -2.95. The zero-order valence-corrected chi connectivity index (χ0v) is 37.1. The number of allylic oxidation sites excluding steroid dienone is 3. The molecule has 2 amide bonds. The molecule has 1 aromatic carbocycles. The summed E-state index contributed by atoms with van der Waals surface area (Å²) in [5.41, 5.74) is 4.54. The number of benzene rings is 1. The molecule has 2 rings (SSSR count). The van der Waals surface area contributed by atoms with Crippen molar-refractivity contribution in [1.82, 2.24) is 25.3 Å². The number of ether oxygens (including phenoxy) is 1. The van der Waals surface area contributed by atoms with E-state index in [0.717, 1.165) is 68.6 Å². The maximum Gasteiger partial charge on any atom is 0.241 e. The van der Waals surface area contributed by atoms with Crippen molar-refractivity contribution in [3.05, 3.63) is 71.3 Å². The SMILES string of the molecule is C=C(NCC(=O)N(C)C(C(C)CC)C(C)CC(=C1CC1)N(CCCC)C(OC)C(C)C(=O)NC(Cc1ccccc1)/C(O)=C\CC)C(C(C)C)N(C)CCS. The first-order chi connectivity index (χ1) is 26.2. The molecule has 0 bridgehead atoms. The minimum atomic E-state index is -0.540. The molecule has 0 aromatic heterocycles. The molecule has 1 saturated carbocycles. The molecule has 3 N–H and O–H groups in total. The maximum absolute atomic E-state index is 14.1. The van der Waals surface area contributed by atoms with Crippen LogP contribution in [0.1, 0.15) is 106 Å². The minimum Gasteiger partial charge on any atom is -0.510 e. The number of amides is 2. The van der Waals surface area contributed by atoms with Gasteiger partial charge in [-0.2, -0.15) is 12.6 Å². The molecule has 7 atom stereocenters. The maximum atomic E-state index is 14.1. The van der Waals surface area contributed by atoms with Gasteiger partial charge in [-0.25, -0.2) is 0 Å². The number of methoxy groups -OCH3 is 1. The van der Waals surface area contributed by atoms with E-state index < -0.39 is 18.2 Å². The number of thiol groups is 1. The fourth-order valence-corrected chi connectivity index (χ4v) is 8.39. The predicted molar refractivity (Wildman–Crippen MR) is 233 cm³/mol. The van der Waals surface area contributed by atoms with E-state index in [-0.39, 0.29) is 48.0 Å². The van der Waals surface area contributed by atoms with Crippen LogP contribution in [0.15, 0.2) is 65.7 Å². The summed E-state index contributed by atoms with van der Waals surface area (Å²) in [6, 6.07) is 9.51. The van der Waals surface area contributed by atoms with Crippen molar-refractivity contribution in [2.24, 2.45) is 23.7 Å². The third-order valence-electron chi connectivity index (χ3n) is 11.3. The van der Waals surface area contributed by atoms with Gasteiger partial charge in [-0.15, -0.1) is 0 Å². The lowest BCUT2D eigenvalue weighted by atomic mass is 9.84. The van der Waals surface area contributed by atoms with Gasteiger partial charge in [-0.3, -0.25) is 14.5 Å². The van der Waals surface area contributed by atoms with Gasteiger partial charge in [0.25, 0.3) is 0 Å². The lowest BCUT2D eigenvalue weighted by Crippen LogP contribution is -2.51. The Kier molecular flexibility index (Phi) is 21.6. The highest BCUT2D eigenvalue weighted by atomic mass is 32.1. The Morgan fingerprint density at radius 1 is 1.02 bits per heavy atom. The zero-order valence-electron chi connectivity index (χ0n) is 36.2. The number of nitrogens with zero attached hydrogens (tertiary/aromatic N) is 3. The van der Waals surface area contributed by atoms with Gasteiger partial charge in [-0.05, 0) is 81.9 Å². The second-order valence-corrected chi connectivity index (χ2v) is 16.6. The Labute approximate surface area is 340 Å². The fraction of sp³-hybridized carbons (Fsp3) is 0.689. The summed E-state index contributed by atoms with van der Waals surface area (Å²) in [5, 5.41) is 17.6. The second-order valence-electron chi connectivity index (χ2n) is 16.1. The molecule has 312 valence electrons. The first kappa shape index (κ1) is 48.2. The number of carbonyl (C=O) groups is 2. The largest absolute Gasteiger partial charge is 0.510 e. The molecule has 0 aliphatic heterocycles. The summed E-state index contributed by atoms with van der Waals surface area (Å²) in [6.07, 6.45) is 8.18. The average molecular weight is 784 g/mol. The lowest BCUT2D eigenvalue weighted by molar-refractivity contribution is -0.136. The molecule has 7 unspecified atom stereocenters. The zero-order chi connectivity index (χ0) is 41.2. The van der Waals surface area contributed by atoms with Gasteiger partial charge in [0.15, 0.2) is 0 Å². The number of rotatable bonds is 27. The van der Waals surface area contributed by atoms with Gasteiger partial charge in [0.1, 0.15) is 12.0 Å². The molecule has 1 aliphatic rings. The van der Waals surface area contributed by atoms with Gasteiger partial charge >= 0.3 is 0 Å². The molecular formula is C45H77N5O4S. The molecule has 0 saturated heterocycles. The number of likely N-dealkylation sites (N-methyl/N-ethyl adjacent to an activating group) is 2. The van der Waals surface area contributed by atoms with Crippen LogP contribution in [0.4, 0.5) is 0 Å². The van der Waals surface area contributed by atoms with Gasteiger partial charge in [0.05, 0.1) is 24.5 Å². The standard InChI is InChI=1S/C45H77N5O4S/c1-13-16-25-50(45(54-12)34(8)44(53)47-38(40(51)20-14-2)29-36-21-18-17-19-22-36)39(37-23-24-37)28-33(7)43(32(6)15-3)49(11)41(52)30-46-35(9)42(31(4)5)48(10)26-27-55/h17-22,31-34,38,42-43,45-46,51,55H,9,13-16,23-30H2,1-8,10-12H3,(H,47,53)/b40-20+. The predicted octanol–water partition coefficient (Wildman–Crippen LogP) is 8.21. The van der Waals surface area contributed by atoms with Crippen molar-refractivity contribution in [2.75, 3.05) is 46.6 Å². The molecule has 1 aromatic rings. The van der Waals surface area contributed by atoms with Crippen molar-refractivity contribution in [3.63, 3.8) is 0 Å². The van der Waals surface area contributed by atoms with Crippen LogP contribution in [0.3, 0.4) is 0 Å². The summed E-state index contributed by atoms with van der Waals surface area (Å²) in [5.74, 6) is 1.06. The average Bonchev–Trinajstić information content (AvgIpc) is 4.00. The summed E-state index contributed by atoms with van der Waals surface area (Å²) >= 11 is 4.42. The van der Waals surface area contributed by atoms with E-state index in [1.165, 1.54) is 11.3 Å². The van der Waals surface area contributed by atoms with E-state index >= 15 is 0 Å². The van der Waals surface area contributed by atoms with Gasteiger partial charge < -0.3 is 30.3 Å². The van der Waals surface area contributed by atoms with E-state index in [4.69, 9.17) is 4.74 Å². The highest BCUT2D eigenvalue weighted by Gasteiger charge is 2.37. The minimum absolute atomic E-state index is 0.0106. The monoisotopic (exact) mass is 784 g/mol. The molecule has 0 radical (unpaired) electrons. The number of hydrogen-bond acceptors (Lipinski definition) is 8. The normalized spacial score (nSPS) is 16.8. The number of carbonyl (C=O) groups excluding carboxylic acids is 2. The van der Waals surface area contributed by atoms with Gasteiger partial charge in [0, 0.05) is 50.4 Å². The first-order valence-corrected chi connectivity index (χ1v) is 21.5. The second kappa shape index (κ2) is 24.6. The van der Waals surface area contributed by atoms with Crippen LogP contribution < -0.4 is 10.6 Å². The van der Waals surface area contributed by atoms with Crippen LogP contribution in [0.5, 0.6) is 0 Å². The van der Waals surface area contributed by atoms with Crippen LogP contribution in [0.25, 0.3) is 0 Å². The van der Waals surface area contributed by atoms with E-state index in [1.54, 1.807) is 13.2 Å². The van der Waals surface area contributed by atoms with E-state index in [1.807, 2.05) is 56.1 Å². The molecular weight excluding hydrogens is 707 g/mol. The summed E-state index contributed by atoms with van der Waals surface area (Å²) in [6.45, 7) is 23.3. The Balaban J connectivity index is 2.34. The van der Waals surface area contributed by atoms with E-state index in [0.29, 0.717) is 18.8 Å². The third kappa shape index (κ3) is 14.8. The Morgan fingerprint density at radius 3 is 2.20 bits per heavy atom. The van der Waals surface area contributed by atoms with E-state index in [2.05, 4.69) is 88.2 Å². The highest BCUT2D eigenvalue weighted by molar-refractivity contribution is 7.80. The van der Waals surface area contributed by atoms with Crippen LogP contribution in [0, 0.1) is 23.7 Å². The smallest absolute Gasteiger partial charge is 0.241 e. The molecule has 1 aliphatic carbocycles. The molecule has 0 heterocycles. The first-order valence-electron chi connectivity index (χ1n) is 20.9. The molecule has 0 spiro atoms. The topological polar surface area (TPSA) is 97.4 Å². The number of unbranched alkanes of at least 4 members (excludes halogenated alkanes) is 1. The number of hydrogen-bond donors (Lipinski definition) is 4. The summed E-state index contributed by atoms with van der Waals surface area (Å²) < 4.78 is 6.24. The lowest BCUT2D eigenvalue weighted by Gasteiger charge is -2.42.